The SMILES string of the molecule is CCN[C@H](C)CNC(=O)C1(c2ccc(Br)cc2)CCCC1.Cl. The van der Waals surface area contributed by atoms with E-state index in [-0.39, 0.29) is 23.7 Å². The zero-order chi connectivity index (χ0) is 15.3. The van der Waals surface area contributed by atoms with Gasteiger partial charge in [-0.15, -0.1) is 12.4 Å². The zero-order valence-electron chi connectivity index (χ0n) is 13.3. The molecule has 1 aromatic carbocycles. The minimum Gasteiger partial charge on any atom is -0.354 e. The fourth-order valence-electron chi connectivity index (χ4n) is 3.23. The summed E-state index contributed by atoms with van der Waals surface area (Å²) in [7, 11) is 0. The fourth-order valence-corrected chi connectivity index (χ4v) is 3.49. The van der Waals surface area contributed by atoms with Gasteiger partial charge in [-0.25, -0.2) is 0 Å². The summed E-state index contributed by atoms with van der Waals surface area (Å²) < 4.78 is 1.06. The molecule has 0 unspecified atom stereocenters. The third-order valence-corrected chi connectivity index (χ3v) is 4.94. The third-order valence-electron chi connectivity index (χ3n) is 4.41. The van der Waals surface area contributed by atoms with Crippen LogP contribution >= 0.6 is 28.3 Å². The van der Waals surface area contributed by atoms with Crippen LogP contribution in [0, 0.1) is 0 Å². The normalized spacial score (nSPS) is 17.6. The van der Waals surface area contributed by atoms with E-state index in [4.69, 9.17) is 0 Å². The van der Waals surface area contributed by atoms with Gasteiger partial charge in [-0.1, -0.05) is 47.8 Å². The molecule has 124 valence electrons. The molecule has 1 amide bonds. The van der Waals surface area contributed by atoms with Gasteiger partial charge in [0.05, 0.1) is 5.41 Å². The van der Waals surface area contributed by atoms with Crippen LogP contribution < -0.4 is 10.6 Å². The number of rotatable bonds is 6. The van der Waals surface area contributed by atoms with Crippen LogP contribution in [0.2, 0.25) is 0 Å². The first kappa shape index (κ1) is 19.5. The lowest BCUT2D eigenvalue weighted by Crippen LogP contribution is -2.47. The molecular formula is C17H26BrClN2O. The molecule has 0 radical (unpaired) electrons. The molecule has 0 aromatic heterocycles. The molecule has 0 bridgehead atoms. The highest BCUT2D eigenvalue weighted by atomic mass is 79.9. The molecule has 0 aliphatic heterocycles. The predicted molar refractivity (Wildman–Crippen MR) is 97.7 cm³/mol. The smallest absolute Gasteiger partial charge is 0.230 e. The van der Waals surface area contributed by atoms with Crippen LogP contribution in [0.25, 0.3) is 0 Å². The molecule has 3 nitrogen and oxygen atoms in total. The number of hydrogen-bond donors (Lipinski definition) is 2. The Morgan fingerprint density at radius 3 is 2.41 bits per heavy atom. The summed E-state index contributed by atoms with van der Waals surface area (Å²) in [5.74, 6) is 0.187. The van der Waals surface area contributed by atoms with E-state index in [0.717, 1.165) is 42.3 Å². The van der Waals surface area contributed by atoms with Crippen LogP contribution in [0.4, 0.5) is 0 Å². The average Bonchev–Trinajstić information content (AvgIpc) is 2.96. The lowest BCUT2D eigenvalue weighted by Gasteiger charge is -2.29. The van der Waals surface area contributed by atoms with Gasteiger partial charge in [0.15, 0.2) is 0 Å². The predicted octanol–water partition coefficient (Wildman–Crippen LogP) is 3.80. The first-order chi connectivity index (χ1) is 10.1. The van der Waals surface area contributed by atoms with Gasteiger partial charge in [0.1, 0.15) is 0 Å². The van der Waals surface area contributed by atoms with E-state index in [1.807, 2.05) is 12.1 Å². The topological polar surface area (TPSA) is 41.1 Å². The molecule has 1 aromatic rings. The highest BCUT2D eigenvalue weighted by Crippen LogP contribution is 2.41. The second kappa shape index (κ2) is 8.90. The first-order valence-electron chi connectivity index (χ1n) is 7.86. The third kappa shape index (κ3) is 4.46. The summed E-state index contributed by atoms with van der Waals surface area (Å²) in [5, 5.41) is 6.48. The van der Waals surface area contributed by atoms with Crippen molar-refractivity contribution in [2.75, 3.05) is 13.1 Å². The molecule has 2 rings (SSSR count). The van der Waals surface area contributed by atoms with Gasteiger partial charge >= 0.3 is 0 Å². The van der Waals surface area contributed by atoms with Crippen molar-refractivity contribution in [3.05, 3.63) is 34.3 Å². The second-order valence-corrected chi connectivity index (χ2v) is 6.88. The number of nitrogens with one attached hydrogen (secondary N) is 2. The van der Waals surface area contributed by atoms with Crippen molar-refractivity contribution in [1.29, 1.82) is 0 Å². The van der Waals surface area contributed by atoms with Crippen molar-refractivity contribution in [2.24, 2.45) is 0 Å². The number of hydrogen-bond acceptors (Lipinski definition) is 2. The molecule has 2 N–H and O–H groups in total. The Morgan fingerprint density at radius 1 is 1.27 bits per heavy atom. The van der Waals surface area contributed by atoms with Gasteiger partial charge in [-0.2, -0.15) is 0 Å². The molecule has 0 spiro atoms. The highest BCUT2D eigenvalue weighted by Gasteiger charge is 2.42. The highest BCUT2D eigenvalue weighted by molar-refractivity contribution is 9.10. The average molecular weight is 390 g/mol. The van der Waals surface area contributed by atoms with Crippen LogP contribution in [0.15, 0.2) is 28.7 Å². The number of benzene rings is 1. The Hall–Kier alpha value is -0.580. The molecule has 0 heterocycles. The summed E-state index contributed by atoms with van der Waals surface area (Å²) in [6, 6.07) is 8.54. The van der Waals surface area contributed by atoms with Crippen LogP contribution in [0.3, 0.4) is 0 Å². The number of likely N-dealkylation sites (N-methyl/N-ethyl adjacent to an activating group) is 1. The van der Waals surface area contributed by atoms with Crippen LogP contribution in [-0.2, 0) is 10.2 Å². The minimum absolute atomic E-state index is 0. The standard InChI is InChI=1S/C17H25BrN2O.ClH/c1-3-19-13(2)12-20-16(21)17(10-4-5-11-17)14-6-8-15(18)9-7-14;/h6-9,13,19H,3-5,10-12H2,1-2H3,(H,20,21);1H/t13-;/m1./s1. The maximum Gasteiger partial charge on any atom is 0.230 e. The molecule has 22 heavy (non-hydrogen) atoms. The maximum absolute atomic E-state index is 12.8. The maximum atomic E-state index is 12.8. The van der Waals surface area contributed by atoms with Crippen LogP contribution in [-0.4, -0.2) is 25.0 Å². The van der Waals surface area contributed by atoms with Crippen molar-refractivity contribution in [3.8, 4) is 0 Å². The zero-order valence-corrected chi connectivity index (χ0v) is 15.7. The second-order valence-electron chi connectivity index (χ2n) is 5.96. The molecule has 1 fully saturated rings. The van der Waals surface area contributed by atoms with Crippen LogP contribution in [0.1, 0.15) is 45.1 Å². The van der Waals surface area contributed by atoms with E-state index in [0.29, 0.717) is 12.6 Å². The van der Waals surface area contributed by atoms with Crippen LogP contribution in [0.5, 0.6) is 0 Å². The Morgan fingerprint density at radius 2 is 1.86 bits per heavy atom. The van der Waals surface area contributed by atoms with Crippen molar-refractivity contribution in [1.82, 2.24) is 10.6 Å². The molecule has 1 aliphatic rings. The Balaban J connectivity index is 0.00000242. The summed E-state index contributed by atoms with van der Waals surface area (Å²) in [5.41, 5.74) is 0.823. The number of halogens is 2. The van der Waals surface area contributed by atoms with E-state index in [2.05, 4.69) is 52.5 Å². The summed E-state index contributed by atoms with van der Waals surface area (Å²) in [4.78, 5) is 12.8. The molecule has 5 heteroatoms. The number of amides is 1. The number of carbonyl (C=O) groups is 1. The molecule has 1 atom stereocenters. The van der Waals surface area contributed by atoms with Gasteiger partial charge in [0.25, 0.3) is 0 Å². The Labute approximate surface area is 148 Å². The van der Waals surface area contributed by atoms with Gasteiger partial charge < -0.3 is 10.6 Å². The van der Waals surface area contributed by atoms with Crippen molar-refractivity contribution < 1.29 is 4.79 Å². The molecule has 1 saturated carbocycles. The number of carbonyl (C=O) groups excluding carboxylic acids is 1. The monoisotopic (exact) mass is 388 g/mol. The van der Waals surface area contributed by atoms with Gasteiger partial charge in [0.2, 0.25) is 5.91 Å². The van der Waals surface area contributed by atoms with E-state index < -0.39 is 0 Å². The van der Waals surface area contributed by atoms with E-state index >= 15 is 0 Å². The quantitative estimate of drug-likeness (QED) is 0.777. The largest absolute Gasteiger partial charge is 0.354 e. The van der Waals surface area contributed by atoms with Crippen molar-refractivity contribution in [2.45, 2.75) is 51.0 Å². The lowest BCUT2D eigenvalue weighted by atomic mass is 9.78. The van der Waals surface area contributed by atoms with E-state index in [1.165, 1.54) is 0 Å². The molecule has 1 aliphatic carbocycles. The molecular weight excluding hydrogens is 364 g/mol. The van der Waals surface area contributed by atoms with Gasteiger partial charge in [-0.3, -0.25) is 4.79 Å². The van der Waals surface area contributed by atoms with Crippen molar-refractivity contribution >= 4 is 34.2 Å². The minimum atomic E-state index is -0.327. The van der Waals surface area contributed by atoms with Crippen molar-refractivity contribution in [3.63, 3.8) is 0 Å². The first-order valence-corrected chi connectivity index (χ1v) is 8.65. The lowest BCUT2D eigenvalue weighted by molar-refractivity contribution is -0.126. The Kier molecular flexibility index (Phi) is 7.87. The van der Waals surface area contributed by atoms with E-state index in [1.54, 1.807) is 0 Å². The van der Waals surface area contributed by atoms with E-state index in [9.17, 15) is 4.79 Å². The summed E-state index contributed by atoms with van der Waals surface area (Å²) >= 11 is 3.47. The molecule has 0 saturated heterocycles. The fraction of sp³-hybridized carbons (Fsp3) is 0.588. The Bertz CT molecular complexity index is 472. The summed E-state index contributed by atoms with van der Waals surface area (Å²) in [6.45, 7) is 5.79. The van der Waals surface area contributed by atoms with Gasteiger partial charge in [-0.05, 0) is 44.0 Å². The summed E-state index contributed by atoms with van der Waals surface area (Å²) in [6.07, 6.45) is 4.17. The van der Waals surface area contributed by atoms with Gasteiger partial charge in [0, 0.05) is 17.1 Å².